The maximum absolute atomic E-state index is 12.5. The third-order valence-electron chi connectivity index (χ3n) is 2.27. The van der Waals surface area contributed by atoms with Crippen molar-refractivity contribution in [3.63, 3.8) is 0 Å². The lowest BCUT2D eigenvalue weighted by Gasteiger charge is -2.24. The zero-order valence-corrected chi connectivity index (χ0v) is 14.7. The van der Waals surface area contributed by atoms with Crippen LogP contribution in [0.4, 0.5) is 0 Å². The second kappa shape index (κ2) is 6.90. The van der Waals surface area contributed by atoms with E-state index in [-0.39, 0.29) is 10.3 Å². The largest absolute Gasteiger partial charge is 0.252 e. The first-order valence-corrected chi connectivity index (χ1v) is 9.29. The highest BCUT2D eigenvalue weighted by atomic mass is 79.9. The molecule has 3 nitrogen and oxygen atoms in total. The quantitative estimate of drug-likeness (QED) is 0.678. The van der Waals surface area contributed by atoms with E-state index in [1.54, 1.807) is 0 Å². The molecule has 0 aliphatic rings. The molecule has 0 saturated carbocycles. The molecule has 1 aromatic rings. The summed E-state index contributed by atoms with van der Waals surface area (Å²) in [5.41, 5.74) is 0. The van der Waals surface area contributed by atoms with E-state index in [1.807, 2.05) is 13.8 Å². The molecular formula is C10H14BrCl2NO2S2. The molecule has 18 heavy (non-hydrogen) atoms. The fraction of sp³-hybridized carbons (Fsp3) is 0.600. The Labute approximate surface area is 130 Å². The Morgan fingerprint density at radius 3 is 2.50 bits per heavy atom. The Bertz CT molecular complexity index is 482. The van der Waals surface area contributed by atoms with Gasteiger partial charge in [0.1, 0.15) is 4.21 Å². The second-order valence-corrected chi connectivity index (χ2v) is 9.21. The molecule has 0 N–H and O–H groups in total. The summed E-state index contributed by atoms with van der Waals surface area (Å²) in [4.78, 5) is 0. The summed E-state index contributed by atoms with van der Waals surface area (Å²) in [6.07, 6.45) is 0.624. The van der Waals surface area contributed by atoms with Crippen LogP contribution in [0.25, 0.3) is 0 Å². The topological polar surface area (TPSA) is 37.4 Å². The standard InChI is InChI=1S/C10H14BrCl2NO2S2/c1-7(2)14(5-3-4-12)18(15,16)9-6-8(13)10(11)17-9/h6-7H,3-5H2,1-2H3. The first kappa shape index (κ1) is 16.7. The molecule has 0 aliphatic heterocycles. The van der Waals surface area contributed by atoms with Crippen molar-refractivity contribution < 1.29 is 8.42 Å². The lowest BCUT2D eigenvalue weighted by atomic mass is 10.4. The van der Waals surface area contributed by atoms with Gasteiger partial charge < -0.3 is 0 Å². The maximum Gasteiger partial charge on any atom is 0.252 e. The first-order valence-electron chi connectivity index (χ1n) is 5.33. The van der Waals surface area contributed by atoms with E-state index in [4.69, 9.17) is 23.2 Å². The fourth-order valence-electron chi connectivity index (χ4n) is 1.44. The van der Waals surface area contributed by atoms with E-state index in [9.17, 15) is 8.42 Å². The van der Waals surface area contributed by atoms with E-state index in [0.717, 1.165) is 11.3 Å². The highest BCUT2D eigenvalue weighted by molar-refractivity contribution is 9.11. The van der Waals surface area contributed by atoms with E-state index < -0.39 is 10.0 Å². The lowest BCUT2D eigenvalue weighted by molar-refractivity contribution is 0.355. The van der Waals surface area contributed by atoms with Crippen LogP contribution in [0.15, 0.2) is 14.1 Å². The molecule has 0 radical (unpaired) electrons. The average Bonchev–Trinajstić information content (AvgIpc) is 2.59. The average molecular weight is 395 g/mol. The van der Waals surface area contributed by atoms with Crippen molar-refractivity contribution in [3.8, 4) is 0 Å². The van der Waals surface area contributed by atoms with Gasteiger partial charge in [-0.05, 0) is 42.3 Å². The number of sulfonamides is 1. The van der Waals surface area contributed by atoms with Crippen LogP contribution in [0.1, 0.15) is 20.3 Å². The molecule has 104 valence electrons. The van der Waals surface area contributed by atoms with Crippen LogP contribution in [0, 0.1) is 0 Å². The molecule has 0 amide bonds. The van der Waals surface area contributed by atoms with Crippen molar-refractivity contribution in [2.24, 2.45) is 0 Å². The van der Waals surface area contributed by atoms with Gasteiger partial charge in [0.15, 0.2) is 0 Å². The van der Waals surface area contributed by atoms with Crippen LogP contribution in [-0.4, -0.2) is 31.2 Å². The third kappa shape index (κ3) is 3.84. The predicted octanol–water partition coefficient (Wildman–Crippen LogP) is 4.19. The minimum atomic E-state index is -3.50. The number of hydrogen-bond donors (Lipinski definition) is 0. The van der Waals surface area contributed by atoms with E-state index in [0.29, 0.717) is 27.7 Å². The van der Waals surface area contributed by atoms with Crippen LogP contribution in [-0.2, 0) is 10.0 Å². The molecule has 0 fully saturated rings. The van der Waals surface area contributed by atoms with Gasteiger partial charge >= 0.3 is 0 Å². The van der Waals surface area contributed by atoms with Crippen molar-refractivity contribution >= 4 is 60.5 Å². The van der Waals surface area contributed by atoms with Crippen LogP contribution in [0.5, 0.6) is 0 Å². The number of thiophene rings is 1. The van der Waals surface area contributed by atoms with Gasteiger partial charge in [-0.2, -0.15) is 4.31 Å². The highest BCUT2D eigenvalue weighted by Crippen LogP contribution is 2.36. The molecule has 0 unspecified atom stereocenters. The predicted molar refractivity (Wildman–Crippen MR) is 81.4 cm³/mol. The molecule has 0 atom stereocenters. The molecule has 8 heteroatoms. The van der Waals surface area contributed by atoms with Crippen LogP contribution < -0.4 is 0 Å². The molecule has 1 heterocycles. The minimum absolute atomic E-state index is 0.113. The van der Waals surface area contributed by atoms with Gasteiger partial charge in [-0.3, -0.25) is 0 Å². The third-order valence-corrected chi connectivity index (χ3v) is 7.54. The maximum atomic E-state index is 12.5. The van der Waals surface area contributed by atoms with Crippen LogP contribution in [0.3, 0.4) is 0 Å². The van der Waals surface area contributed by atoms with Crippen LogP contribution in [0.2, 0.25) is 5.02 Å². The zero-order chi connectivity index (χ0) is 13.9. The number of alkyl halides is 1. The van der Waals surface area contributed by atoms with Crippen molar-refractivity contribution in [1.29, 1.82) is 0 Å². The Balaban J connectivity index is 3.08. The van der Waals surface area contributed by atoms with Gasteiger partial charge in [0.05, 0.1) is 8.81 Å². The summed E-state index contributed by atoms with van der Waals surface area (Å²) in [6, 6.07) is 1.36. The summed E-state index contributed by atoms with van der Waals surface area (Å²) in [5.74, 6) is 0.438. The van der Waals surface area contributed by atoms with Crippen molar-refractivity contribution in [3.05, 3.63) is 14.9 Å². The summed E-state index contributed by atoms with van der Waals surface area (Å²) in [6.45, 7) is 4.10. The molecule has 0 saturated heterocycles. The molecule has 0 spiro atoms. The SMILES string of the molecule is CC(C)N(CCCCl)S(=O)(=O)c1cc(Cl)c(Br)s1. The molecule has 0 aromatic carbocycles. The highest BCUT2D eigenvalue weighted by Gasteiger charge is 2.28. The molecule has 0 bridgehead atoms. The second-order valence-electron chi connectivity index (χ2n) is 3.94. The summed E-state index contributed by atoms with van der Waals surface area (Å²) >= 11 is 15.9. The monoisotopic (exact) mass is 393 g/mol. The van der Waals surface area contributed by atoms with Crippen molar-refractivity contribution in [1.82, 2.24) is 4.31 Å². The van der Waals surface area contributed by atoms with Crippen LogP contribution >= 0.6 is 50.5 Å². The van der Waals surface area contributed by atoms with E-state index in [1.165, 1.54) is 10.4 Å². The first-order chi connectivity index (χ1) is 8.30. The van der Waals surface area contributed by atoms with Gasteiger partial charge in [-0.1, -0.05) is 11.6 Å². The van der Waals surface area contributed by atoms with Gasteiger partial charge in [-0.15, -0.1) is 22.9 Å². The van der Waals surface area contributed by atoms with Gasteiger partial charge in [0.25, 0.3) is 10.0 Å². The number of rotatable bonds is 6. The van der Waals surface area contributed by atoms with Gasteiger partial charge in [0, 0.05) is 18.5 Å². The lowest BCUT2D eigenvalue weighted by Crippen LogP contribution is -2.37. The minimum Gasteiger partial charge on any atom is -0.206 e. The summed E-state index contributed by atoms with van der Waals surface area (Å²) in [7, 11) is -3.50. The molecule has 1 rings (SSSR count). The Morgan fingerprint density at radius 2 is 2.11 bits per heavy atom. The normalized spacial score (nSPS) is 12.6. The Morgan fingerprint density at radius 1 is 1.50 bits per heavy atom. The summed E-state index contributed by atoms with van der Waals surface area (Å²) < 4.78 is 27.2. The number of halogens is 3. The molecular weight excluding hydrogens is 381 g/mol. The summed E-state index contributed by atoms with van der Waals surface area (Å²) in [5, 5.41) is 0.416. The van der Waals surface area contributed by atoms with E-state index in [2.05, 4.69) is 15.9 Å². The van der Waals surface area contributed by atoms with Gasteiger partial charge in [-0.25, -0.2) is 8.42 Å². The smallest absolute Gasteiger partial charge is 0.206 e. The fourth-order valence-corrected chi connectivity index (χ4v) is 5.76. The Kier molecular flexibility index (Phi) is 6.41. The Hall–Kier alpha value is 0.670. The number of nitrogens with zero attached hydrogens (tertiary/aromatic N) is 1. The van der Waals surface area contributed by atoms with Crippen molar-refractivity contribution in [2.45, 2.75) is 30.5 Å². The molecule has 1 aromatic heterocycles. The molecule has 0 aliphatic carbocycles. The van der Waals surface area contributed by atoms with Crippen molar-refractivity contribution in [2.75, 3.05) is 12.4 Å². The van der Waals surface area contributed by atoms with Gasteiger partial charge in [0.2, 0.25) is 0 Å². The zero-order valence-electron chi connectivity index (χ0n) is 9.99. The van der Waals surface area contributed by atoms with E-state index >= 15 is 0 Å². The number of hydrogen-bond acceptors (Lipinski definition) is 3.